The van der Waals surface area contributed by atoms with Gasteiger partial charge in [-0.2, -0.15) is 0 Å². The van der Waals surface area contributed by atoms with E-state index in [0.717, 1.165) is 27.6 Å². The quantitative estimate of drug-likeness (QED) is 0.336. The van der Waals surface area contributed by atoms with Gasteiger partial charge in [0.05, 0.1) is 5.25 Å². The molecule has 1 aromatic heterocycles. The lowest BCUT2D eigenvalue weighted by Crippen LogP contribution is -2.23. The van der Waals surface area contributed by atoms with Crippen molar-refractivity contribution < 1.29 is 9.18 Å². The summed E-state index contributed by atoms with van der Waals surface area (Å²) in [6.07, 6.45) is 0. The molecule has 0 bridgehead atoms. The van der Waals surface area contributed by atoms with Crippen molar-refractivity contribution in [3.63, 3.8) is 0 Å². The van der Waals surface area contributed by atoms with Gasteiger partial charge in [0.25, 0.3) is 0 Å². The van der Waals surface area contributed by atoms with Crippen LogP contribution in [-0.2, 0) is 4.79 Å². The number of fused-ring (bicyclic) bond motifs is 1. The lowest BCUT2D eigenvalue weighted by atomic mass is 10.0. The van der Waals surface area contributed by atoms with Crippen LogP contribution in [0.3, 0.4) is 0 Å². The first-order valence-corrected chi connectivity index (χ1v) is 11.4. The zero-order valence-corrected chi connectivity index (χ0v) is 19.0. The number of nitrogens with one attached hydrogen (secondary N) is 1. The van der Waals surface area contributed by atoms with Crippen molar-refractivity contribution in [1.29, 1.82) is 0 Å². The number of rotatable bonds is 6. The van der Waals surface area contributed by atoms with Gasteiger partial charge in [-0.3, -0.25) is 4.79 Å². The highest BCUT2D eigenvalue weighted by Crippen LogP contribution is 2.34. The number of hydrogen-bond acceptors (Lipinski definition) is 4. The molecule has 32 heavy (non-hydrogen) atoms. The fourth-order valence-electron chi connectivity index (χ4n) is 3.56. The molecule has 0 aliphatic carbocycles. The summed E-state index contributed by atoms with van der Waals surface area (Å²) in [5, 5.41) is 14.0. The van der Waals surface area contributed by atoms with E-state index in [1.54, 1.807) is 12.1 Å². The van der Waals surface area contributed by atoms with E-state index in [0.29, 0.717) is 16.6 Å². The van der Waals surface area contributed by atoms with Crippen LogP contribution in [0.1, 0.15) is 32.3 Å². The molecule has 162 valence electrons. The average molecular weight is 446 g/mol. The van der Waals surface area contributed by atoms with Crippen molar-refractivity contribution in [2.24, 2.45) is 0 Å². The Hall–Kier alpha value is -3.25. The topological polar surface area (TPSA) is 54.9 Å². The predicted molar refractivity (Wildman–Crippen MR) is 129 cm³/mol. The van der Waals surface area contributed by atoms with Gasteiger partial charge < -0.3 is 5.32 Å². The molecule has 0 saturated heterocycles. The number of aromatic nitrogens is 2. The van der Waals surface area contributed by atoms with E-state index in [1.807, 2.05) is 55.5 Å². The van der Waals surface area contributed by atoms with Crippen molar-refractivity contribution in [2.75, 3.05) is 5.32 Å². The second-order valence-corrected chi connectivity index (χ2v) is 9.23. The Kier molecular flexibility index (Phi) is 6.51. The Morgan fingerprint density at radius 1 is 0.875 bits per heavy atom. The summed E-state index contributed by atoms with van der Waals surface area (Å²) < 4.78 is 13.3. The van der Waals surface area contributed by atoms with E-state index in [1.165, 1.54) is 23.9 Å². The molecule has 0 fully saturated rings. The van der Waals surface area contributed by atoms with Crippen molar-refractivity contribution in [3.05, 3.63) is 84.2 Å². The third kappa shape index (κ3) is 4.65. The van der Waals surface area contributed by atoms with Crippen molar-refractivity contribution in [3.8, 4) is 11.3 Å². The molecule has 0 radical (unpaired) electrons. The van der Waals surface area contributed by atoms with E-state index < -0.39 is 0 Å². The fraction of sp³-hybridized carbons (Fsp3) is 0.192. The van der Waals surface area contributed by atoms with Crippen LogP contribution in [0.4, 0.5) is 10.1 Å². The molecule has 0 saturated carbocycles. The van der Waals surface area contributed by atoms with Crippen LogP contribution in [0.15, 0.2) is 77.8 Å². The molecule has 1 amide bonds. The van der Waals surface area contributed by atoms with Gasteiger partial charge in [0.1, 0.15) is 16.5 Å². The van der Waals surface area contributed by atoms with Gasteiger partial charge in [-0.1, -0.05) is 68.1 Å². The van der Waals surface area contributed by atoms with Gasteiger partial charge in [-0.05, 0) is 48.7 Å². The summed E-state index contributed by atoms with van der Waals surface area (Å²) in [5.41, 5.74) is 3.42. The molecule has 4 aromatic rings. The molecule has 4 rings (SSSR count). The number of carbonyl (C=O) groups excluding carboxylic acids is 1. The van der Waals surface area contributed by atoms with Crippen LogP contribution in [0.2, 0.25) is 0 Å². The maximum absolute atomic E-state index is 13.3. The van der Waals surface area contributed by atoms with Gasteiger partial charge in [-0.15, -0.1) is 10.2 Å². The molecule has 1 unspecified atom stereocenters. The normalized spacial score (nSPS) is 12.2. The summed E-state index contributed by atoms with van der Waals surface area (Å²) in [6.45, 7) is 6.07. The minimum Gasteiger partial charge on any atom is -0.325 e. The van der Waals surface area contributed by atoms with E-state index in [2.05, 4.69) is 29.4 Å². The number of nitrogens with zero attached hydrogens (tertiary/aromatic N) is 2. The molecule has 1 atom stereocenters. The highest BCUT2D eigenvalue weighted by Gasteiger charge is 2.20. The second-order valence-electron chi connectivity index (χ2n) is 7.90. The largest absolute Gasteiger partial charge is 0.325 e. The molecule has 1 N–H and O–H groups in total. The molecule has 1 heterocycles. The Labute approximate surface area is 191 Å². The third-order valence-corrected chi connectivity index (χ3v) is 6.36. The third-order valence-electron chi connectivity index (χ3n) is 5.27. The van der Waals surface area contributed by atoms with Crippen LogP contribution < -0.4 is 5.32 Å². The Balaban J connectivity index is 1.60. The number of para-hydroxylation sites is 1. The summed E-state index contributed by atoms with van der Waals surface area (Å²) >= 11 is 1.38. The van der Waals surface area contributed by atoms with Crippen LogP contribution in [0, 0.1) is 5.82 Å². The minimum atomic E-state index is -0.371. The molecular weight excluding hydrogens is 421 g/mol. The molecule has 3 aromatic carbocycles. The maximum Gasteiger partial charge on any atom is 0.237 e. The first-order chi connectivity index (χ1) is 15.4. The molecule has 0 aliphatic heterocycles. The van der Waals surface area contributed by atoms with Crippen LogP contribution in [0.25, 0.3) is 22.0 Å². The van der Waals surface area contributed by atoms with Gasteiger partial charge in [0.2, 0.25) is 5.91 Å². The lowest BCUT2D eigenvalue weighted by Gasteiger charge is -2.17. The number of hydrogen-bond donors (Lipinski definition) is 1. The molecule has 0 aliphatic rings. The van der Waals surface area contributed by atoms with Crippen LogP contribution >= 0.6 is 11.8 Å². The first kappa shape index (κ1) is 22.0. The summed E-state index contributed by atoms with van der Waals surface area (Å²) in [6, 6.07) is 21.9. The smallest absolute Gasteiger partial charge is 0.237 e. The van der Waals surface area contributed by atoms with Crippen molar-refractivity contribution in [2.45, 2.75) is 37.0 Å². The van der Waals surface area contributed by atoms with E-state index in [-0.39, 0.29) is 17.0 Å². The standard InChI is InChI=1S/C26H24FN3OS/c1-16(2)20-8-6-7-11-23(20)28-25(31)17(3)32-26-22-10-5-4-9-21(22)24(29-30-26)18-12-14-19(27)15-13-18/h4-17H,1-3H3,(H,28,31). The number of thioether (sulfide) groups is 1. The summed E-state index contributed by atoms with van der Waals surface area (Å²) in [7, 11) is 0. The number of carbonyl (C=O) groups is 1. The van der Waals surface area contributed by atoms with Gasteiger partial charge in [0.15, 0.2) is 0 Å². The highest BCUT2D eigenvalue weighted by atomic mass is 32.2. The number of benzene rings is 3. The Morgan fingerprint density at radius 3 is 2.25 bits per heavy atom. The zero-order valence-electron chi connectivity index (χ0n) is 18.2. The second kappa shape index (κ2) is 9.49. The molecule has 4 nitrogen and oxygen atoms in total. The Morgan fingerprint density at radius 2 is 1.53 bits per heavy atom. The van der Waals surface area contributed by atoms with E-state index in [9.17, 15) is 9.18 Å². The van der Waals surface area contributed by atoms with Gasteiger partial charge in [0, 0.05) is 22.0 Å². The Bertz CT molecular complexity index is 1260. The highest BCUT2D eigenvalue weighted by molar-refractivity contribution is 8.00. The number of amides is 1. The summed E-state index contributed by atoms with van der Waals surface area (Å²) in [5.74, 6) is -0.0723. The predicted octanol–water partition coefficient (Wildman–Crippen LogP) is 6.68. The van der Waals surface area contributed by atoms with Gasteiger partial charge in [-0.25, -0.2) is 4.39 Å². The summed E-state index contributed by atoms with van der Waals surface area (Å²) in [4.78, 5) is 12.9. The van der Waals surface area contributed by atoms with Crippen molar-refractivity contribution >= 4 is 34.1 Å². The van der Waals surface area contributed by atoms with Crippen LogP contribution in [-0.4, -0.2) is 21.4 Å². The number of halogens is 1. The maximum atomic E-state index is 13.3. The number of anilines is 1. The first-order valence-electron chi connectivity index (χ1n) is 10.5. The lowest BCUT2D eigenvalue weighted by molar-refractivity contribution is -0.115. The average Bonchev–Trinajstić information content (AvgIpc) is 2.80. The zero-order chi connectivity index (χ0) is 22.7. The van der Waals surface area contributed by atoms with Crippen molar-refractivity contribution in [1.82, 2.24) is 10.2 Å². The molecule has 0 spiro atoms. The SMILES string of the molecule is CC(Sc1nnc(-c2ccc(F)cc2)c2ccccc12)C(=O)Nc1ccccc1C(C)C. The monoisotopic (exact) mass is 445 g/mol. The van der Waals surface area contributed by atoms with Crippen LogP contribution in [0.5, 0.6) is 0 Å². The minimum absolute atomic E-state index is 0.0865. The van der Waals surface area contributed by atoms with E-state index >= 15 is 0 Å². The molecule has 6 heteroatoms. The van der Waals surface area contributed by atoms with E-state index in [4.69, 9.17) is 0 Å². The molecular formula is C26H24FN3OS. The van der Waals surface area contributed by atoms with Gasteiger partial charge >= 0.3 is 0 Å². The fourth-order valence-corrected chi connectivity index (χ4v) is 4.45.